The van der Waals surface area contributed by atoms with Crippen molar-refractivity contribution < 1.29 is 4.79 Å². The summed E-state index contributed by atoms with van der Waals surface area (Å²) in [4.78, 5) is 11.0. The van der Waals surface area contributed by atoms with E-state index in [1.165, 1.54) is 0 Å². The second-order valence-electron chi connectivity index (χ2n) is 3.41. The van der Waals surface area contributed by atoms with Crippen molar-refractivity contribution >= 4 is 32.7 Å². The van der Waals surface area contributed by atoms with Crippen LogP contribution in [0.25, 0.3) is 0 Å². The van der Waals surface area contributed by atoms with E-state index in [0.717, 1.165) is 5.56 Å². The van der Waals surface area contributed by atoms with Gasteiger partial charge in [0.1, 0.15) is 0 Å². The number of hydrogen-bond acceptors (Lipinski definition) is 1. The van der Waals surface area contributed by atoms with Gasteiger partial charge in [-0.05, 0) is 5.56 Å². The molecule has 4 heteroatoms. The fourth-order valence-corrected chi connectivity index (χ4v) is 1.14. The van der Waals surface area contributed by atoms with Crippen LogP contribution in [0.1, 0.15) is 12.0 Å². The predicted molar refractivity (Wildman–Crippen MR) is 72.5 cm³/mol. The van der Waals surface area contributed by atoms with Crippen LogP contribution in [-0.4, -0.2) is 27.0 Å². The minimum atomic E-state index is -0.00106. The maximum absolute atomic E-state index is 11.0. The van der Waals surface area contributed by atoms with Gasteiger partial charge in [-0.1, -0.05) is 30.3 Å². The molecule has 0 aliphatic heterocycles. The van der Waals surface area contributed by atoms with Gasteiger partial charge in [-0.3, -0.25) is 4.79 Å². The first-order valence-corrected chi connectivity index (χ1v) is 8.97. The van der Waals surface area contributed by atoms with Crippen LogP contribution in [0.4, 0.5) is 0 Å². The second-order valence-corrected chi connectivity index (χ2v) is 5.20. The molecule has 0 aliphatic rings. The van der Waals surface area contributed by atoms with Gasteiger partial charge >= 0.3 is 0 Å². The smallest absolute Gasteiger partial charge is 0.229 e. The maximum Gasteiger partial charge on any atom is 0.229 e. The number of benzene rings is 1. The molecular weight excluding hydrogens is 237 g/mol. The molecule has 0 saturated carbocycles. The summed E-state index contributed by atoms with van der Waals surface area (Å²) in [5.74, 6) is 4.90. The normalized spacial score (nSPS) is 8.69. The molecule has 0 atom stereocenters. The number of nitrogens with one attached hydrogen (secondary N) is 1. The molecule has 0 radical (unpaired) electrons. The molecule has 0 unspecified atom stereocenters. The monoisotopic (exact) mass is 255 g/mol. The molecule has 1 N–H and O–H groups in total. The Balaban J connectivity index is 0.000000673. The lowest BCUT2D eigenvalue weighted by molar-refractivity contribution is -0.120. The molecule has 1 amide bonds. The SMILES string of the molecule is O=C(CCCl)NCc1ccccc1.[CH3][AlH][CH3]. The zero-order valence-corrected chi connectivity index (χ0v) is 12.2. The third kappa shape index (κ3) is 8.79. The van der Waals surface area contributed by atoms with Crippen molar-refractivity contribution in [3.8, 4) is 0 Å². The molecule has 0 bridgehead atoms. The van der Waals surface area contributed by atoms with E-state index in [4.69, 9.17) is 11.6 Å². The van der Waals surface area contributed by atoms with Crippen LogP contribution in [0.2, 0.25) is 11.6 Å². The number of amides is 1. The molecule has 0 aliphatic carbocycles. The Morgan fingerprint density at radius 1 is 1.31 bits per heavy atom. The highest BCUT2D eigenvalue weighted by atomic mass is 35.5. The van der Waals surface area contributed by atoms with Gasteiger partial charge in [0.2, 0.25) is 21.1 Å². The Labute approximate surface area is 109 Å². The van der Waals surface area contributed by atoms with Gasteiger partial charge in [-0.2, -0.15) is 0 Å². The lowest BCUT2D eigenvalue weighted by Gasteiger charge is -2.02. The third-order valence-electron chi connectivity index (χ3n) is 1.65. The van der Waals surface area contributed by atoms with Crippen LogP contribution in [0.5, 0.6) is 0 Å². The molecule has 0 aromatic heterocycles. The second kappa shape index (κ2) is 11.0. The minimum absolute atomic E-state index is 0.00106. The van der Waals surface area contributed by atoms with Gasteiger partial charge in [0.25, 0.3) is 0 Å². The number of rotatable bonds is 4. The third-order valence-corrected chi connectivity index (χ3v) is 1.84. The van der Waals surface area contributed by atoms with Gasteiger partial charge in [0.05, 0.1) is 0 Å². The van der Waals surface area contributed by atoms with E-state index < -0.39 is 0 Å². The molecule has 1 rings (SSSR count). The van der Waals surface area contributed by atoms with Crippen LogP contribution in [0.15, 0.2) is 30.3 Å². The van der Waals surface area contributed by atoms with E-state index in [0.29, 0.717) is 34.1 Å². The van der Waals surface area contributed by atoms with Crippen LogP contribution in [0.3, 0.4) is 0 Å². The standard InChI is InChI=1S/C10H12ClNO.2CH3.Al.H/c11-7-6-10(13)12-8-9-4-2-1-3-5-9;;;;/h1-5H,6-8H2,(H,12,13);2*1H3;;. The van der Waals surface area contributed by atoms with Gasteiger partial charge in [0.15, 0.2) is 0 Å². The summed E-state index contributed by atoms with van der Waals surface area (Å²) in [6.07, 6.45) is 0.383. The summed E-state index contributed by atoms with van der Waals surface area (Å²) in [6.45, 7) is 0.580. The van der Waals surface area contributed by atoms with E-state index in [2.05, 4.69) is 16.9 Å². The maximum atomic E-state index is 11.0. The van der Waals surface area contributed by atoms with Gasteiger partial charge in [-0.15, -0.1) is 23.2 Å². The van der Waals surface area contributed by atoms with Crippen molar-refractivity contribution in [1.29, 1.82) is 0 Å². The predicted octanol–water partition coefficient (Wildman–Crippen LogP) is 2.45. The average molecular weight is 256 g/mol. The molecule has 1 aromatic carbocycles. The Bertz CT molecular complexity index is 280. The zero-order chi connectivity index (χ0) is 12.2. The van der Waals surface area contributed by atoms with Crippen LogP contribution >= 0.6 is 11.6 Å². The number of halogens is 1. The van der Waals surface area contributed by atoms with Gasteiger partial charge < -0.3 is 5.32 Å². The first kappa shape index (κ1) is 15.5. The fraction of sp³-hybridized carbons (Fsp3) is 0.417. The van der Waals surface area contributed by atoms with Crippen LogP contribution in [-0.2, 0) is 11.3 Å². The Morgan fingerprint density at radius 2 is 1.88 bits per heavy atom. The van der Waals surface area contributed by atoms with E-state index in [-0.39, 0.29) is 5.91 Å². The molecular formula is C12H19AlClNO. The number of hydrogen-bond donors (Lipinski definition) is 1. The number of carbonyl (C=O) groups excluding carboxylic acids is 1. The lowest BCUT2D eigenvalue weighted by atomic mass is 10.2. The van der Waals surface area contributed by atoms with Crippen molar-refractivity contribution in [3.63, 3.8) is 0 Å². The first-order chi connectivity index (χ1) is 7.74. The van der Waals surface area contributed by atoms with Crippen molar-refractivity contribution in [2.24, 2.45) is 0 Å². The van der Waals surface area contributed by atoms with Crippen molar-refractivity contribution in [2.45, 2.75) is 24.5 Å². The zero-order valence-electron chi connectivity index (χ0n) is 10.0. The molecule has 1 aromatic rings. The first-order valence-electron chi connectivity index (χ1n) is 5.61. The molecule has 0 saturated heterocycles. The van der Waals surface area contributed by atoms with Crippen molar-refractivity contribution in [1.82, 2.24) is 5.32 Å². The molecule has 0 spiro atoms. The summed E-state index contributed by atoms with van der Waals surface area (Å²) < 4.78 is 0. The average Bonchev–Trinajstić information content (AvgIpc) is 2.29. The van der Waals surface area contributed by atoms with E-state index in [1.54, 1.807) is 0 Å². The molecule has 88 valence electrons. The summed E-state index contributed by atoms with van der Waals surface area (Å²) in [5.41, 5.74) is 1.10. The van der Waals surface area contributed by atoms with Crippen molar-refractivity contribution in [2.75, 3.05) is 5.88 Å². The minimum Gasteiger partial charge on any atom is -0.352 e. The molecule has 0 fully saturated rings. The molecule has 0 heterocycles. The lowest BCUT2D eigenvalue weighted by Crippen LogP contribution is -2.22. The van der Waals surface area contributed by atoms with Crippen LogP contribution < -0.4 is 5.32 Å². The largest absolute Gasteiger partial charge is 0.352 e. The van der Waals surface area contributed by atoms with E-state index in [9.17, 15) is 4.79 Å². The summed E-state index contributed by atoms with van der Waals surface area (Å²) in [7, 11) is 0. The highest BCUT2D eigenvalue weighted by Crippen LogP contribution is 1.97. The van der Waals surface area contributed by atoms with E-state index >= 15 is 0 Å². The number of carbonyl (C=O) groups is 1. The highest BCUT2D eigenvalue weighted by Gasteiger charge is 1.98. The van der Waals surface area contributed by atoms with Gasteiger partial charge in [0, 0.05) is 18.8 Å². The van der Waals surface area contributed by atoms with Crippen LogP contribution in [0, 0.1) is 0 Å². The van der Waals surface area contributed by atoms with E-state index in [1.807, 2.05) is 30.3 Å². The summed E-state index contributed by atoms with van der Waals surface area (Å²) in [5, 5.41) is 2.78. The highest BCUT2D eigenvalue weighted by molar-refractivity contribution is 6.31. The Kier molecular flexibility index (Phi) is 10.7. The van der Waals surface area contributed by atoms with Crippen molar-refractivity contribution in [3.05, 3.63) is 35.9 Å². The summed E-state index contributed by atoms with van der Waals surface area (Å²) in [6, 6.07) is 9.79. The Hall–Kier alpha value is -0.488. The van der Waals surface area contributed by atoms with Gasteiger partial charge in [-0.25, -0.2) is 0 Å². The Morgan fingerprint density at radius 3 is 2.38 bits per heavy atom. The topological polar surface area (TPSA) is 29.1 Å². The summed E-state index contributed by atoms with van der Waals surface area (Å²) >= 11 is 5.83. The fourth-order valence-electron chi connectivity index (χ4n) is 0.971. The number of alkyl halides is 1. The molecule has 16 heavy (non-hydrogen) atoms. The molecule has 2 nitrogen and oxygen atoms in total. The quantitative estimate of drug-likeness (QED) is 0.650.